The Bertz CT molecular complexity index is 1110. The van der Waals surface area contributed by atoms with Crippen LogP contribution in [0.25, 0.3) is 0 Å². The van der Waals surface area contributed by atoms with Crippen molar-refractivity contribution in [1.82, 2.24) is 5.32 Å². The maximum atomic E-state index is 12.6. The number of benzene rings is 3. The molecule has 3 rings (SSSR count). The van der Waals surface area contributed by atoms with E-state index in [2.05, 4.69) is 5.32 Å². The van der Waals surface area contributed by atoms with Gasteiger partial charge in [0.05, 0.1) is 24.7 Å². The SMILES string of the molecule is COC(=O)c1ccccc1COc1cccc(CC(=O)NCc2ccc(C(F)(F)F)cc2)c1. The number of nitrogens with one attached hydrogen (secondary N) is 1. The third kappa shape index (κ3) is 6.83. The van der Waals surface area contributed by atoms with Crippen molar-refractivity contribution in [2.45, 2.75) is 25.7 Å². The molecule has 1 N–H and O–H groups in total. The van der Waals surface area contributed by atoms with E-state index in [9.17, 15) is 22.8 Å². The molecule has 1 amide bonds. The van der Waals surface area contributed by atoms with Gasteiger partial charge in [0.15, 0.2) is 0 Å². The van der Waals surface area contributed by atoms with Crippen molar-refractivity contribution >= 4 is 11.9 Å². The largest absolute Gasteiger partial charge is 0.489 e. The fraction of sp³-hybridized carbons (Fsp3) is 0.200. The summed E-state index contributed by atoms with van der Waals surface area (Å²) in [6.07, 6.45) is -4.31. The van der Waals surface area contributed by atoms with Crippen LogP contribution in [0.5, 0.6) is 5.75 Å². The van der Waals surface area contributed by atoms with Gasteiger partial charge in [-0.05, 0) is 41.5 Å². The highest BCUT2D eigenvalue weighted by atomic mass is 19.4. The second-order valence-corrected chi connectivity index (χ2v) is 7.23. The number of hydrogen-bond donors (Lipinski definition) is 1. The molecule has 0 aliphatic carbocycles. The maximum absolute atomic E-state index is 12.6. The predicted octanol–water partition coefficient (Wildman–Crippen LogP) is 4.93. The van der Waals surface area contributed by atoms with E-state index in [0.29, 0.717) is 28.0 Å². The molecule has 0 heterocycles. The molecule has 0 saturated carbocycles. The van der Waals surface area contributed by atoms with E-state index >= 15 is 0 Å². The average Bonchev–Trinajstić information content (AvgIpc) is 2.81. The fourth-order valence-corrected chi connectivity index (χ4v) is 3.12. The van der Waals surface area contributed by atoms with Crippen LogP contribution in [0.4, 0.5) is 13.2 Å². The minimum Gasteiger partial charge on any atom is -0.489 e. The van der Waals surface area contributed by atoms with Crippen LogP contribution in [0, 0.1) is 0 Å². The van der Waals surface area contributed by atoms with Gasteiger partial charge in [0, 0.05) is 12.1 Å². The van der Waals surface area contributed by atoms with Gasteiger partial charge in [-0.15, -0.1) is 0 Å². The minimum absolute atomic E-state index is 0.0799. The normalized spacial score (nSPS) is 11.0. The van der Waals surface area contributed by atoms with Crippen LogP contribution in [0.15, 0.2) is 72.8 Å². The summed E-state index contributed by atoms with van der Waals surface area (Å²) in [6.45, 7) is 0.270. The molecule has 8 heteroatoms. The van der Waals surface area contributed by atoms with Gasteiger partial charge in [-0.25, -0.2) is 4.79 Å². The number of hydrogen-bond acceptors (Lipinski definition) is 4. The number of rotatable bonds is 8. The lowest BCUT2D eigenvalue weighted by molar-refractivity contribution is -0.137. The summed E-state index contributed by atoms with van der Waals surface area (Å²) < 4.78 is 48.5. The Hall–Kier alpha value is -3.81. The Labute approximate surface area is 189 Å². The smallest absolute Gasteiger partial charge is 0.416 e. The molecule has 0 fully saturated rings. The first-order chi connectivity index (χ1) is 15.8. The summed E-state index contributed by atoms with van der Waals surface area (Å²) in [7, 11) is 1.31. The van der Waals surface area contributed by atoms with Gasteiger partial charge in [0.25, 0.3) is 0 Å². The first kappa shape index (κ1) is 23.8. The van der Waals surface area contributed by atoms with Gasteiger partial charge >= 0.3 is 12.1 Å². The van der Waals surface area contributed by atoms with Crippen LogP contribution in [-0.2, 0) is 35.3 Å². The summed E-state index contributed by atoms with van der Waals surface area (Å²) in [6, 6.07) is 18.6. The molecule has 0 spiro atoms. The number of carbonyl (C=O) groups excluding carboxylic acids is 2. The predicted molar refractivity (Wildman–Crippen MR) is 116 cm³/mol. The second-order valence-electron chi connectivity index (χ2n) is 7.23. The van der Waals surface area contributed by atoms with E-state index in [-0.39, 0.29) is 25.5 Å². The lowest BCUT2D eigenvalue weighted by Crippen LogP contribution is -2.24. The summed E-state index contributed by atoms with van der Waals surface area (Å²) in [4.78, 5) is 24.1. The lowest BCUT2D eigenvalue weighted by Gasteiger charge is -2.11. The Morgan fingerprint density at radius 3 is 2.33 bits per heavy atom. The summed E-state index contributed by atoms with van der Waals surface area (Å²) in [5.74, 6) is -0.196. The number of esters is 1. The second kappa shape index (κ2) is 10.7. The molecular formula is C25H22F3NO4. The van der Waals surface area contributed by atoms with Crippen LogP contribution in [0.3, 0.4) is 0 Å². The molecule has 0 aromatic heterocycles. The number of ether oxygens (including phenoxy) is 2. The highest BCUT2D eigenvalue weighted by Gasteiger charge is 2.29. The van der Waals surface area contributed by atoms with Gasteiger partial charge < -0.3 is 14.8 Å². The molecule has 3 aromatic rings. The van der Waals surface area contributed by atoms with Crippen LogP contribution in [0.2, 0.25) is 0 Å². The number of halogens is 3. The summed E-state index contributed by atoms with van der Waals surface area (Å²) in [5.41, 5.74) is 1.63. The molecule has 0 atom stereocenters. The standard InChI is InChI=1S/C25H22F3NO4/c1-32-24(31)22-8-3-2-6-19(22)16-33-21-7-4-5-18(13-21)14-23(30)29-15-17-9-11-20(12-10-17)25(26,27)28/h2-13H,14-16H2,1H3,(H,29,30). The van der Waals surface area contributed by atoms with Crippen LogP contribution in [-0.4, -0.2) is 19.0 Å². The monoisotopic (exact) mass is 457 g/mol. The van der Waals surface area contributed by atoms with E-state index in [4.69, 9.17) is 9.47 Å². The molecule has 0 aliphatic heterocycles. The van der Waals surface area contributed by atoms with Crippen molar-refractivity contribution in [2.75, 3.05) is 7.11 Å². The molecule has 33 heavy (non-hydrogen) atoms. The van der Waals surface area contributed by atoms with Crippen LogP contribution < -0.4 is 10.1 Å². The Morgan fingerprint density at radius 1 is 0.909 bits per heavy atom. The number of carbonyl (C=O) groups is 2. The molecule has 0 bridgehead atoms. The van der Waals surface area contributed by atoms with Crippen molar-refractivity contribution in [3.63, 3.8) is 0 Å². The number of alkyl halides is 3. The van der Waals surface area contributed by atoms with Crippen molar-refractivity contribution in [1.29, 1.82) is 0 Å². The van der Waals surface area contributed by atoms with Crippen molar-refractivity contribution < 1.29 is 32.2 Å². The summed E-state index contributed by atoms with van der Waals surface area (Å²) >= 11 is 0. The third-order valence-electron chi connectivity index (χ3n) is 4.85. The fourth-order valence-electron chi connectivity index (χ4n) is 3.12. The minimum atomic E-state index is -4.39. The molecule has 0 radical (unpaired) electrons. The van der Waals surface area contributed by atoms with Gasteiger partial charge in [0.2, 0.25) is 5.91 Å². The third-order valence-corrected chi connectivity index (χ3v) is 4.85. The number of amides is 1. The topological polar surface area (TPSA) is 64.6 Å². The average molecular weight is 457 g/mol. The quantitative estimate of drug-likeness (QED) is 0.487. The number of methoxy groups -OCH3 is 1. The van der Waals surface area contributed by atoms with Gasteiger partial charge in [-0.3, -0.25) is 4.79 Å². The van der Waals surface area contributed by atoms with Crippen molar-refractivity contribution in [3.8, 4) is 5.75 Å². The molecule has 0 saturated heterocycles. The summed E-state index contributed by atoms with van der Waals surface area (Å²) in [5, 5.41) is 2.70. The van der Waals surface area contributed by atoms with Crippen LogP contribution in [0.1, 0.15) is 32.6 Å². The van der Waals surface area contributed by atoms with E-state index in [1.54, 1.807) is 48.5 Å². The highest BCUT2D eigenvalue weighted by Crippen LogP contribution is 2.29. The zero-order chi connectivity index (χ0) is 23.8. The van der Waals surface area contributed by atoms with Gasteiger partial charge in [0.1, 0.15) is 12.4 Å². The highest BCUT2D eigenvalue weighted by molar-refractivity contribution is 5.90. The molecule has 5 nitrogen and oxygen atoms in total. The van der Waals surface area contributed by atoms with E-state index in [1.165, 1.54) is 19.2 Å². The van der Waals surface area contributed by atoms with Gasteiger partial charge in [-0.1, -0.05) is 42.5 Å². The first-order valence-electron chi connectivity index (χ1n) is 10.1. The van der Waals surface area contributed by atoms with Crippen molar-refractivity contribution in [2.24, 2.45) is 0 Å². The molecule has 3 aromatic carbocycles. The lowest BCUT2D eigenvalue weighted by atomic mass is 10.1. The molecule has 0 unspecified atom stereocenters. The maximum Gasteiger partial charge on any atom is 0.416 e. The van der Waals surface area contributed by atoms with E-state index in [0.717, 1.165) is 12.1 Å². The first-order valence-corrected chi connectivity index (χ1v) is 10.1. The van der Waals surface area contributed by atoms with E-state index < -0.39 is 17.7 Å². The van der Waals surface area contributed by atoms with E-state index in [1.807, 2.05) is 0 Å². The Kier molecular flexibility index (Phi) is 7.71. The van der Waals surface area contributed by atoms with Crippen LogP contribution >= 0.6 is 0 Å². The molecule has 0 aliphatic rings. The molecule has 172 valence electrons. The van der Waals surface area contributed by atoms with Crippen molar-refractivity contribution in [3.05, 3.63) is 101 Å². The Morgan fingerprint density at radius 2 is 1.64 bits per heavy atom. The zero-order valence-corrected chi connectivity index (χ0v) is 17.8. The van der Waals surface area contributed by atoms with Gasteiger partial charge in [-0.2, -0.15) is 13.2 Å². The molecular weight excluding hydrogens is 435 g/mol. The Balaban J connectivity index is 1.55. The zero-order valence-electron chi connectivity index (χ0n) is 17.8.